The third-order valence-corrected chi connectivity index (χ3v) is 8.74. The van der Waals surface area contributed by atoms with E-state index in [9.17, 15) is 0 Å². The number of fused-ring (bicyclic) bond motifs is 1. The molecule has 2 heterocycles. The Bertz CT molecular complexity index is 1240. The molecule has 5 aromatic rings. The molecule has 0 unspecified atom stereocenters. The van der Waals surface area contributed by atoms with Gasteiger partial charge in [-0.1, -0.05) is 55.8 Å². The van der Waals surface area contributed by atoms with Crippen molar-refractivity contribution in [2.45, 2.75) is 32.5 Å². The second kappa shape index (κ2) is 11.1. The molecule has 0 saturated carbocycles. The summed E-state index contributed by atoms with van der Waals surface area (Å²) in [7, 11) is -0.933. The first-order chi connectivity index (χ1) is 15.8. The molecule has 0 radical (unpaired) electrons. The third-order valence-electron chi connectivity index (χ3n) is 5.91. The highest BCUT2D eigenvalue weighted by atomic mass is 127. The molecule has 3 nitrogen and oxygen atoms in total. The number of rotatable bonds is 8. The van der Waals surface area contributed by atoms with Crippen molar-refractivity contribution in [2.24, 2.45) is 0 Å². The van der Waals surface area contributed by atoms with Crippen molar-refractivity contribution in [1.29, 1.82) is 0 Å². The van der Waals surface area contributed by atoms with Gasteiger partial charge in [-0.15, -0.1) is 0 Å². The lowest BCUT2D eigenvalue weighted by molar-refractivity contribution is -0.00000682. The summed E-state index contributed by atoms with van der Waals surface area (Å²) in [6.07, 6.45) is 5.02. The van der Waals surface area contributed by atoms with E-state index in [2.05, 4.69) is 90.4 Å². The van der Waals surface area contributed by atoms with E-state index in [1.807, 2.05) is 12.1 Å². The normalized spacial score (nSPS) is 11.1. The first-order valence-electron chi connectivity index (χ1n) is 11.3. The van der Waals surface area contributed by atoms with Gasteiger partial charge in [0.25, 0.3) is 0 Å². The predicted octanol–water partition coefficient (Wildman–Crippen LogP) is 3.47. The molecular formula is C28H28IN2OP. The molecule has 168 valence electrons. The van der Waals surface area contributed by atoms with E-state index in [0.717, 1.165) is 42.6 Å². The maximum atomic E-state index is 5.70. The summed E-state index contributed by atoms with van der Waals surface area (Å²) >= 11 is 0. The minimum atomic E-state index is -0.933. The molecule has 0 aliphatic carbocycles. The second-order valence-corrected chi connectivity index (χ2v) is 10.6. The topological polar surface area (TPSA) is 31.0 Å². The quantitative estimate of drug-likeness (QED) is 0.213. The van der Waals surface area contributed by atoms with Crippen LogP contribution in [0.4, 0.5) is 0 Å². The van der Waals surface area contributed by atoms with Crippen LogP contribution in [0.15, 0.2) is 102 Å². The Morgan fingerprint density at radius 2 is 1.55 bits per heavy atom. The van der Waals surface area contributed by atoms with Crippen molar-refractivity contribution in [3.63, 3.8) is 0 Å². The fourth-order valence-corrected chi connectivity index (χ4v) is 6.83. The second-order valence-electron chi connectivity index (χ2n) is 8.13. The van der Waals surface area contributed by atoms with Gasteiger partial charge in [-0.2, -0.15) is 0 Å². The number of aryl methyl sites for hydroxylation is 1. The first kappa shape index (κ1) is 23.7. The Labute approximate surface area is 213 Å². The zero-order chi connectivity index (χ0) is 21.8. The van der Waals surface area contributed by atoms with Gasteiger partial charge in [-0.05, 0) is 60.5 Å². The summed E-state index contributed by atoms with van der Waals surface area (Å²) in [5.74, 6) is 1.75. The smallest absolute Gasteiger partial charge is 0.177 e. The summed E-state index contributed by atoms with van der Waals surface area (Å²) in [5.41, 5.74) is 3.57. The van der Waals surface area contributed by atoms with E-state index in [-0.39, 0.29) is 24.0 Å². The number of halogens is 1. The molecule has 0 fully saturated rings. The van der Waals surface area contributed by atoms with Crippen molar-refractivity contribution >= 4 is 29.6 Å². The highest BCUT2D eigenvalue weighted by molar-refractivity contribution is 7.72. The predicted molar refractivity (Wildman–Crippen MR) is 137 cm³/mol. The van der Waals surface area contributed by atoms with Gasteiger partial charge >= 0.3 is 0 Å². The summed E-state index contributed by atoms with van der Waals surface area (Å²) in [5, 5.41) is 2.88. The molecule has 0 aliphatic heterocycles. The number of furan rings is 1. The average Bonchev–Trinajstić information content (AvgIpc) is 3.50. The van der Waals surface area contributed by atoms with Crippen molar-refractivity contribution in [3.8, 4) is 11.6 Å². The van der Waals surface area contributed by atoms with Crippen molar-refractivity contribution in [2.75, 3.05) is 0 Å². The van der Waals surface area contributed by atoms with Crippen LogP contribution in [0.1, 0.15) is 25.3 Å². The molecule has 0 N–H and O–H groups in total. The van der Waals surface area contributed by atoms with Crippen molar-refractivity contribution < 1.29 is 28.4 Å². The van der Waals surface area contributed by atoms with Gasteiger partial charge in [0, 0.05) is 6.54 Å². The molecule has 0 saturated heterocycles. The standard InChI is InChI=1S/C28H27N2OP.HI/c1-2-3-18-30-26-17-16-22(20-25(26)29-28(30)27-15-10-19-31-27)21-32(23-11-6-4-7-12-23)24-13-8-5-9-14-24;/h4-17,19-20H,2-3,18,21H2,1H3;1H. The SMILES string of the molecule is CCCCn1c(-c2ccco2)nc2cc(C[PH+](c3ccccc3)c3ccccc3)ccc21.[I-]. The van der Waals surface area contributed by atoms with Crippen LogP contribution in [0.3, 0.4) is 0 Å². The zero-order valence-corrected chi connectivity index (χ0v) is 21.9. The van der Waals surface area contributed by atoms with Crippen LogP contribution in [0.2, 0.25) is 0 Å². The van der Waals surface area contributed by atoms with E-state index in [4.69, 9.17) is 9.40 Å². The van der Waals surface area contributed by atoms with Crippen LogP contribution >= 0.6 is 7.92 Å². The minimum absolute atomic E-state index is 0. The summed E-state index contributed by atoms with van der Waals surface area (Å²) in [6, 6.07) is 32.6. The molecule has 2 aromatic heterocycles. The molecule has 0 bridgehead atoms. The van der Waals surface area contributed by atoms with Crippen LogP contribution in [0, 0.1) is 0 Å². The van der Waals surface area contributed by atoms with Gasteiger partial charge in [0.1, 0.15) is 0 Å². The molecule has 0 aliphatic rings. The molecule has 0 atom stereocenters. The van der Waals surface area contributed by atoms with Gasteiger partial charge in [-0.3, -0.25) is 0 Å². The highest BCUT2D eigenvalue weighted by Gasteiger charge is 2.23. The number of aromatic nitrogens is 2. The van der Waals surface area contributed by atoms with E-state index in [0.29, 0.717) is 0 Å². The molecule has 0 amide bonds. The van der Waals surface area contributed by atoms with Gasteiger partial charge in [0.15, 0.2) is 11.6 Å². The lowest BCUT2D eigenvalue weighted by atomic mass is 10.2. The average molecular weight is 566 g/mol. The van der Waals surface area contributed by atoms with E-state index >= 15 is 0 Å². The van der Waals surface area contributed by atoms with E-state index < -0.39 is 7.92 Å². The molecule has 33 heavy (non-hydrogen) atoms. The Kier molecular flexibility index (Phi) is 8.00. The number of hydrogen-bond donors (Lipinski definition) is 0. The fraction of sp³-hybridized carbons (Fsp3) is 0.179. The fourth-order valence-electron chi connectivity index (χ4n) is 4.28. The lowest BCUT2D eigenvalue weighted by Gasteiger charge is -2.11. The first-order valence-corrected chi connectivity index (χ1v) is 13.0. The monoisotopic (exact) mass is 566 g/mol. The van der Waals surface area contributed by atoms with Crippen LogP contribution in [0.5, 0.6) is 0 Å². The molecule has 5 rings (SSSR count). The maximum Gasteiger partial charge on any atom is 0.177 e. The van der Waals surface area contributed by atoms with Gasteiger partial charge in [0.05, 0.1) is 42.0 Å². The molecular weight excluding hydrogens is 538 g/mol. The lowest BCUT2D eigenvalue weighted by Crippen LogP contribution is -3.00. The number of unbranched alkanes of at least 4 members (excludes halogenated alkanes) is 1. The van der Waals surface area contributed by atoms with Crippen LogP contribution in [-0.2, 0) is 12.7 Å². The Hall–Kier alpha value is -2.43. The number of imidazole rings is 1. The molecule has 0 spiro atoms. The van der Waals surface area contributed by atoms with Gasteiger partial charge in [0.2, 0.25) is 0 Å². The third kappa shape index (κ3) is 5.23. The van der Waals surface area contributed by atoms with E-state index in [1.54, 1.807) is 6.26 Å². The number of hydrogen-bond acceptors (Lipinski definition) is 2. The number of benzene rings is 3. The maximum absolute atomic E-state index is 5.70. The van der Waals surface area contributed by atoms with Crippen molar-refractivity contribution in [3.05, 3.63) is 103 Å². The highest BCUT2D eigenvalue weighted by Crippen LogP contribution is 2.38. The van der Waals surface area contributed by atoms with E-state index in [1.165, 1.54) is 21.7 Å². The minimum Gasteiger partial charge on any atom is -1.00 e. The Morgan fingerprint density at radius 1 is 0.848 bits per heavy atom. The number of nitrogens with zero attached hydrogens (tertiary/aromatic N) is 2. The largest absolute Gasteiger partial charge is 1.00 e. The van der Waals surface area contributed by atoms with Gasteiger partial charge in [-0.25, -0.2) is 4.98 Å². The molecule has 5 heteroatoms. The van der Waals surface area contributed by atoms with Crippen molar-refractivity contribution in [1.82, 2.24) is 9.55 Å². The Morgan fingerprint density at radius 3 is 2.15 bits per heavy atom. The van der Waals surface area contributed by atoms with Crippen LogP contribution in [-0.4, -0.2) is 9.55 Å². The summed E-state index contributed by atoms with van der Waals surface area (Å²) in [4.78, 5) is 5.00. The zero-order valence-electron chi connectivity index (χ0n) is 18.7. The van der Waals surface area contributed by atoms with Gasteiger partial charge < -0.3 is 33.0 Å². The molecule has 3 aromatic carbocycles. The summed E-state index contributed by atoms with van der Waals surface area (Å²) in [6.45, 7) is 3.17. The van der Waals surface area contributed by atoms with Crippen LogP contribution < -0.4 is 34.6 Å². The van der Waals surface area contributed by atoms with Crippen LogP contribution in [0.25, 0.3) is 22.6 Å². The summed E-state index contributed by atoms with van der Waals surface area (Å²) < 4.78 is 8.01. The Balaban J connectivity index is 0.00000259.